The van der Waals surface area contributed by atoms with Gasteiger partial charge in [-0.05, 0) is 43.4 Å². The Morgan fingerprint density at radius 1 is 1.25 bits per heavy atom. The topological polar surface area (TPSA) is 81.1 Å². The molecule has 0 aliphatic carbocycles. The van der Waals surface area contributed by atoms with Crippen molar-refractivity contribution in [2.24, 2.45) is 0 Å². The summed E-state index contributed by atoms with van der Waals surface area (Å²) in [6.07, 6.45) is 7.79. The molecule has 0 spiro atoms. The predicted octanol–water partition coefficient (Wildman–Crippen LogP) is 2.03. The first-order chi connectivity index (χ1) is 11.8. The maximum atomic E-state index is 11.8. The van der Waals surface area contributed by atoms with Crippen molar-refractivity contribution in [3.63, 3.8) is 0 Å². The highest BCUT2D eigenvalue weighted by Crippen LogP contribution is 2.14. The lowest BCUT2D eigenvalue weighted by molar-refractivity contribution is 0.0120. The van der Waals surface area contributed by atoms with E-state index in [9.17, 15) is 4.79 Å². The Hall–Kier alpha value is -2.41. The van der Waals surface area contributed by atoms with Crippen LogP contribution in [0.3, 0.4) is 0 Å². The van der Waals surface area contributed by atoms with Crippen LogP contribution in [0.1, 0.15) is 31.2 Å². The molecule has 1 atom stereocenters. The zero-order valence-corrected chi connectivity index (χ0v) is 13.6. The van der Waals surface area contributed by atoms with Crippen LogP contribution < -0.4 is 10.6 Å². The predicted molar refractivity (Wildman–Crippen MR) is 89.8 cm³/mol. The first kappa shape index (κ1) is 16.4. The third kappa shape index (κ3) is 4.79. The van der Waals surface area contributed by atoms with Crippen LogP contribution >= 0.6 is 0 Å². The van der Waals surface area contributed by atoms with Gasteiger partial charge in [-0.15, -0.1) is 0 Å². The number of nitrogens with zero attached hydrogens (tertiary/aromatic N) is 3. The number of carbonyl (C=O) groups excluding carboxylic acids is 1. The molecule has 2 amide bonds. The summed E-state index contributed by atoms with van der Waals surface area (Å²) in [4.78, 5) is 15.7. The molecule has 7 nitrogen and oxygen atoms in total. The van der Waals surface area contributed by atoms with Crippen LogP contribution in [0.25, 0.3) is 5.69 Å². The van der Waals surface area contributed by atoms with Gasteiger partial charge in [-0.2, -0.15) is 5.10 Å². The van der Waals surface area contributed by atoms with E-state index < -0.39 is 0 Å². The molecule has 2 aromatic rings. The number of carbonyl (C=O) groups is 1. The first-order valence-electron chi connectivity index (χ1n) is 8.38. The summed E-state index contributed by atoms with van der Waals surface area (Å²) < 4.78 is 7.34. The standard InChI is InChI=1S/C17H23N5O2/c23-17(19-9-8-16-3-1-2-10-24-16)20-11-14-4-6-15(7-5-14)22-13-18-12-21-22/h4-7,12-13,16H,1-3,8-11H2,(H2,19,20,23)/t16-/m0/s1. The van der Waals surface area contributed by atoms with E-state index in [-0.39, 0.29) is 6.03 Å². The van der Waals surface area contributed by atoms with Gasteiger partial charge in [-0.3, -0.25) is 0 Å². The Labute approximate surface area is 141 Å². The summed E-state index contributed by atoms with van der Waals surface area (Å²) in [5.74, 6) is 0. The van der Waals surface area contributed by atoms with E-state index in [4.69, 9.17) is 4.74 Å². The van der Waals surface area contributed by atoms with E-state index >= 15 is 0 Å². The number of rotatable bonds is 6. The van der Waals surface area contributed by atoms with Crippen LogP contribution in [-0.4, -0.2) is 40.1 Å². The van der Waals surface area contributed by atoms with Crippen molar-refractivity contribution in [1.82, 2.24) is 25.4 Å². The number of ether oxygens (including phenoxy) is 1. The molecule has 128 valence electrons. The van der Waals surface area contributed by atoms with Crippen molar-refractivity contribution >= 4 is 6.03 Å². The average Bonchev–Trinajstić information content (AvgIpc) is 3.16. The molecular weight excluding hydrogens is 306 g/mol. The van der Waals surface area contributed by atoms with Crippen LogP contribution in [0.2, 0.25) is 0 Å². The van der Waals surface area contributed by atoms with Gasteiger partial charge < -0.3 is 15.4 Å². The van der Waals surface area contributed by atoms with Gasteiger partial charge in [-0.1, -0.05) is 12.1 Å². The Morgan fingerprint density at radius 3 is 2.83 bits per heavy atom. The van der Waals surface area contributed by atoms with E-state index in [0.717, 1.165) is 37.1 Å². The number of amides is 2. The van der Waals surface area contributed by atoms with Gasteiger partial charge in [0.15, 0.2) is 0 Å². The Balaban J connectivity index is 1.36. The summed E-state index contributed by atoms with van der Waals surface area (Å²) >= 11 is 0. The summed E-state index contributed by atoms with van der Waals surface area (Å²) in [5.41, 5.74) is 1.97. The molecule has 0 unspecified atom stereocenters. The maximum Gasteiger partial charge on any atom is 0.315 e. The minimum Gasteiger partial charge on any atom is -0.378 e. The van der Waals surface area contributed by atoms with E-state index in [2.05, 4.69) is 20.7 Å². The van der Waals surface area contributed by atoms with Gasteiger partial charge >= 0.3 is 6.03 Å². The second kappa shape index (κ2) is 8.44. The smallest absolute Gasteiger partial charge is 0.315 e. The summed E-state index contributed by atoms with van der Waals surface area (Å²) in [7, 11) is 0. The molecule has 0 bridgehead atoms. The number of nitrogens with one attached hydrogen (secondary N) is 2. The number of hydrogen-bond acceptors (Lipinski definition) is 4. The van der Waals surface area contributed by atoms with Crippen LogP contribution in [-0.2, 0) is 11.3 Å². The molecule has 1 fully saturated rings. The minimum atomic E-state index is -0.147. The van der Waals surface area contributed by atoms with Crippen LogP contribution in [0, 0.1) is 0 Å². The second-order valence-electron chi connectivity index (χ2n) is 5.89. The minimum absolute atomic E-state index is 0.147. The monoisotopic (exact) mass is 329 g/mol. The molecule has 7 heteroatoms. The van der Waals surface area contributed by atoms with Gasteiger partial charge in [0.05, 0.1) is 11.8 Å². The SMILES string of the molecule is O=C(NCC[C@@H]1CCCCO1)NCc1ccc(-n2cncn2)cc1. The Morgan fingerprint density at radius 2 is 2.12 bits per heavy atom. The van der Waals surface area contributed by atoms with E-state index in [1.54, 1.807) is 11.0 Å². The largest absolute Gasteiger partial charge is 0.378 e. The van der Waals surface area contributed by atoms with Crippen LogP contribution in [0.15, 0.2) is 36.9 Å². The number of aromatic nitrogens is 3. The number of hydrogen-bond donors (Lipinski definition) is 2. The normalized spacial score (nSPS) is 17.4. The third-order valence-corrected chi connectivity index (χ3v) is 4.10. The number of urea groups is 1. The Bertz CT molecular complexity index is 621. The molecule has 3 rings (SSSR count). The molecular formula is C17H23N5O2. The van der Waals surface area contributed by atoms with Crippen molar-refractivity contribution in [2.75, 3.05) is 13.2 Å². The molecule has 0 radical (unpaired) electrons. The van der Waals surface area contributed by atoms with Crippen molar-refractivity contribution in [2.45, 2.75) is 38.3 Å². The highest BCUT2D eigenvalue weighted by molar-refractivity contribution is 5.73. The average molecular weight is 329 g/mol. The molecule has 24 heavy (non-hydrogen) atoms. The lowest BCUT2D eigenvalue weighted by Gasteiger charge is -2.22. The van der Waals surface area contributed by atoms with Crippen molar-refractivity contribution in [3.05, 3.63) is 42.5 Å². The van der Waals surface area contributed by atoms with Gasteiger partial charge in [0, 0.05) is 19.7 Å². The Kier molecular flexibility index (Phi) is 5.79. The highest BCUT2D eigenvalue weighted by atomic mass is 16.5. The van der Waals surface area contributed by atoms with Crippen molar-refractivity contribution in [1.29, 1.82) is 0 Å². The third-order valence-electron chi connectivity index (χ3n) is 4.10. The molecule has 1 saturated heterocycles. The fraction of sp³-hybridized carbons (Fsp3) is 0.471. The highest BCUT2D eigenvalue weighted by Gasteiger charge is 2.13. The van der Waals surface area contributed by atoms with E-state index in [1.807, 2.05) is 24.3 Å². The second-order valence-corrected chi connectivity index (χ2v) is 5.89. The zero-order chi connectivity index (χ0) is 16.6. The van der Waals surface area contributed by atoms with Gasteiger partial charge in [0.1, 0.15) is 12.7 Å². The van der Waals surface area contributed by atoms with Crippen LogP contribution in [0.5, 0.6) is 0 Å². The van der Waals surface area contributed by atoms with Gasteiger partial charge in [0.2, 0.25) is 0 Å². The van der Waals surface area contributed by atoms with E-state index in [1.165, 1.54) is 12.7 Å². The number of benzene rings is 1. The first-order valence-corrected chi connectivity index (χ1v) is 8.38. The molecule has 1 aromatic carbocycles. The van der Waals surface area contributed by atoms with Gasteiger partial charge in [-0.25, -0.2) is 14.5 Å². The van der Waals surface area contributed by atoms with Crippen molar-refractivity contribution in [3.8, 4) is 5.69 Å². The fourth-order valence-electron chi connectivity index (χ4n) is 2.73. The molecule has 1 aliphatic rings. The van der Waals surface area contributed by atoms with Gasteiger partial charge in [0.25, 0.3) is 0 Å². The summed E-state index contributed by atoms with van der Waals surface area (Å²) in [6, 6.07) is 7.68. The summed E-state index contributed by atoms with van der Waals surface area (Å²) in [6.45, 7) is 1.98. The molecule has 1 aromatic heterocycles. The van der Waals surface area contributed by atoms with E-state index in [0.29, 0.717) is 19.2 Å². The zero-order valence-electron chi connectivity index (χ0n) is 13.6. The molecule has 2 N–H and O–H groups in total. The molecule has 0 saturated carbocycles. The lowest BCUT2D eigenvalue weighted by atomic mass is 10.1. The molecule has 1 aliphatic heterocycles. The lowest BCUT2D eigenvalue weighted by Crippen LogP contribution is -2.37. The van der Waals surface area contributed by atoms with Crippen LogP contribution in [0.4, 0.5) is 4.79 Å². The maximum absolute atomic E-state index is 11.8. The fourth-order valence-corrected chi connectivity index (χ4v) is 2.73. The van der Waals surface area contributed by atoms with Crippen molar-refractivity contribution < 1.29 is 9.53 Å². The summed E-state index contributed by atoms with van der Waals surface area (Å²) in [5, 5.41) is 9.82. The quantitative estimate of drug-likeness (QED) is 0.849. The molecule has 2 heterocycles.